The van der Waals surface area contributed by atoms with E-state index in [1.165, 1.54) is 22.4 Å². The van der Waals surface area contributed by atoms with Crippen molar-refractivity contribution >= 4 is 17.6 Å². The van der Waals surface area contributed by atoms with Crippen LogP contribution in [0.3, 0.4) is 0 Å². The summed E-state index contributed by atoms with van der Waals surface area (Å²) in [5.74, 6) is 4.45. The molecule has 1 aromatic carbocycles. The Morgan fingerprint density at radius 1 is 1.20 bits per heavy atom. The van der Waals surface area contributed by atoms with Gasteiger partial charge < -0.3 is 5.32 Å². The third-order valence-electron chi connectivity index (χ3n) is 4.28. The summed E-state index contributed by atoms with van der Waals surface area (Å²) in [6, 6.07) is 8.72. The number of hydrogen-bond acceptors (Lipinski definition) is 4. The lowest BCUT2D eigenvalue weighted by Gasteiger charge is -2.14. The van der Waals surface area contributed by atoms with Crippen molar-refractivity contribution in [3.8, 4) is 0 Å². The van der Waals surface area contributed by atoms with Gasteiger partial charge in [-0.3, -0.25) is 0 Å². The summed E-state index contributed by atoms with van der Waals surface area (Å²) in [4.78, 5) is 9.68. The van der Waals surface area contributed by atoms with Crippen molar-refractivity contribution < 1.29 is 0 Å². The molecule has 4 heteroatoms. The van der Waals surface area contributed by atoms with Gasteiger partial charge in [0.15, 0.2) is 0 Å². The van der Waals surface area contributed by atoms with Crippen LogP contribution in [0.5, 0.6) is 0 Å². The SMILES string of the molecule is CNc1nc(C2CCc3ccccc32)nc2c1CSC2. The molecule has 0 bridgehead atoms. The predicted molar refractivity (Wildman–Crippen MR) is 83.2 cm³/mol. The van der Waals surface area contributed by atoms with Gasteiger partial charge in [-0.25, -0.2) is 9.97 Å². The van der Waals surface area contributed by atoms with Gasteiger partial charge in [-0.15, -0.1) is 0 Å². The molecular formula is C16H17N3S. The van der Waals surface area contributed by atoms with Crippen molar-refractivity contribution in [1.82, 2.24) is 9.97 Å². The van der Waals surface area contributed by atoms with Crippen molar-refractivity contribution in [2.45, 2.75) is 30.3 Å². The number of rotatable bonds is 2. The lowest BCUT2D eigenvalue weighted by atomic mass is 10.0. The second kappa shape index (κ2) is 4.77. The second-order valence-electron chi connectivity index (χ2n) is 5.39. The molecule has 0 spiro atoms. The molecule has 0 saturated heterocycles. The van der Waals surface area contributed by atoms with Crippen LogP contribution < -0.4 is 5.32 Å². The van der Waals surface area contributed by atoms with Crippen molar-refractivity contribution in [2.75, 3.05) is 12.4 Å². The number of hydrogen-bond donors (Lipinski definition) is 1. The third-order valence-corrected chi connectivity index (χ3v) is 5.25. The van der Waals surface area contributed by atoms with E-state index in [9.17, 15) is 0 Å². The van der Waals surface area contributed by atoms with E-state index in [1.807, 2.05) is 18.8 Å². The molecule has 1 unspecified atom stereocenters. The Bertz CT molecular complexity index is 669. The van der Waals surface area contributed by atoms with Gasteiger partial charge in [0.1, 0.15) is 11.6 Å². The van der Waals surface area contributed by atoms with Crippen LogP contribution in [0.15, 0.2) is 24.3 Å². The van der Waals surface area contributed by atoms with E-state index in [1.54, 1.807) is 0 Å². The minimum atomic E-state index is 0.370. The molecule has 2 aliphatic rings. The minimum absolute atomic E-state index is 0.370. The summed E-state index contributed by atoms with van der Waals surface area (Å²) >= 11 is 1.93. The Balaban J connectivity index is 1.81. The van der Waals surface area contributed by atoms with Crippen LogP contribution in [0.2, 0.25) is 0 Å². The van der Waals surface area contributed by atoms with Crippen LogP contribution in [0.1, 0.15) is 40.5 Å². The standard InChI is InChI=1S/C16H17N3S/c1-17-15-13-8-20-9-14(13)18-16(19-15)12-7-6-10-4-2-3-5-11(10)12/h2-5,12H,6-9H2,1H3,(H,17,18,19). The van der Waals surface area contributed by atoms with Crippen molar-refractivity contribution in [2.24, 2.45) is 0 Å². The zero-order valence-electron chi connectivity index (χ0n) is 11.5. The quantitative estimate of drug-likeness (QED) is 0.917. The number of fused-ring (bicyclic) bond motifs is 2. The van der Waals surface area contributed by atoms with E-state index < -0.39 is 0 Å². The Kier molecular flexibility index (Phi) is 2.91. The molecular weight excluding hydrogens is 266 g/mol. The molecule has 1 aliphatic heterocycles. The Labute approximate surface area is 123 Å². The second-order valence-corrected chi connectivity index (χ2v) is 6.37. The number of nitrogens with one attached hydrogen (secondary N) is 1. The molecule has 2 heterocycles. The highest BCUT2D eigenvalue weighted by molar-refractivity contribution is 7.98. The number of anilines is 1. The fourth-order valence-electron chi connectivity index (χ4n) is 3.26. The van der Waals surface area contributed by atoms with Crippen molar-refractivity contribution in [3.63, 3.8) is 0 Å². The van der Waals surface area contributed by atoms with E-state index >= 15 is 0 Å². The summed E-state index contributed by atoms with van der Waals surface area (Å²) in [5, 5.41) is 3.25. The first-order valence-electron chi connectivity index (χ1n) is 7.10. The van der Waals surface area contributed by atoms with Gasteiger partial charge in [0.05, 0.1) is 5.69 Å². The molecule has 2 aromatic rings. The number of benzene rings is 1. The maximum absolute atomic E-state index is 4.87. The van der Waals surface area contributed by atoms with Crippen LogP contribution in [0.4, 0.5) is 5.82 Å². The summed E-state index contributed by atoms with van der Waals surface area (Å²) in [6.07, 6.45) is 2.28. The largest absolute Gasteiger partial charge is 0.373 e. The van der Waals surface area contributed by atoms with Gasteiger partial charge in [0.25, 0.3) is 0 Å². The van der Waals surface area contributed by atoms with Crippen molar-refractivity contribution in [3.05, 3.63) is 52.5 Å². The summed E-state index contributed by atoms with van der Waals surface area (Å²) in [5.41, 5.74) is 5.41. The van der Waals surface area contributed by atoms with Crippen LogP contribution in [-0.2, 0) is 17.9 Å². The summed E-state index contributed by atoms with van der Waals surface area (Å²) < 4.78 is 0. The molecule has 0 fully saturated rings. The van der Waals surface area contributed by atoms with Gasteiger partial charge in [-0.1, -0.05) is 24.3 Å². The third kappa shape index (κ3) is 1.82. The highest BCUT2D eigenvalue weighted by Crippen LogP contribution is 2.39. The zero-order chi connectivity index (χ0) is 13.5. The van der Waals surface area contributed by atoms with Crippen LogP contribution in [-0.4, -0.2) is 17.0 Å². The summed E-state index contributed by atoms with van der Waals surface area (Å²) in [7, 11) is 1.96. The molecule has 0 radical (unpaired) electrons. The van der Waals surface area contributed by atoms with Gasteiger partial charge in [-0.05, 0) is 24.0 Å². The van der Waals surface area contributed by atoms with E-state index in [4.69, 9.17) is 9.97 Å². The molecule has 1 aromatic heterocycles. The predicted octanol–water partition coefficient (Wildman–Crippen LogP) is 3.34. The number of aryl methyl sites for hydroxylation is 1. The molecule has 1 atom stereocenters. The van der Waals surface area contributed by atoms with Crippen LogP contribution in [0, 0.1) is 0 Å². The highest BCUT2D eigenvalue weighted by atomic mass is 32.2. The fraction of sp³-hybridized carbons (Fsp3) is 0.375. The first-order valence-corrected chi connectivity index (χ1v) is 8.25. The molecule has 1 aliphatic carbocycles. The lowest BCUT2D eigenvalue weighted by Crippen LogP contribution is -2.09. The fourth-order valence-corrected chi connectivity index (χ4v) is 4.30. The number of thioether (sulfide) groups is 1. The molecule has 0 amide bonds. The normalized spacial score (nSPS) is 19.8. The number of nitrogens with zero attached hydrogens (tertiary/aromatic N) is 2. The number of aromatic nitrogens is 2. The van der Waals surface area contributed by atoms with Crippen molar-refractivity contribution in [1.29, 1.82) is 0 Å². The first kappa shape index (κ1) is 12.2. The van der Waals surface area contributed by atoms with E-state index in [2.05, 4.69) is 29.6 Å². The van der Waals surface area contributed by atoms with Gasteiger partial charge in [-0.2, -0.15) is 11.8 Å². The average molecular weight is 283 g/mol. The summed E-state index contributed by atoms with van der Waals surface area (Å²) in [6.45, 7) is 0. The topological polar surface area (TPSA) is 37.8 Å². The van der Waals surface area contributed by atoms with E-state index in [0.717, 1.165) is 36.0 Å². The van der Waals surface area contributed by atoms with Gasteiger partial charge >= 0.3 is 0 Å². The lowest BCUT2D eigenvalue weighted by molar-refractivity contribution is 0.723. The maximum Gasteiger partial charge on any atom is 0.138 e. The minimum Gasteiger partial charge on any atom is -0.373 e. The van der Waals surface area contributed by atoms with Gasteiger partial charge in [0.2, 0.25) is 0 Å². The molecule has 3 nitrogen and oxygen atoms in total. The molecule has 4 rings (SSSR count). The van der Waals surface area contributed by atoms with E-state index in [0.29, 0.717) is 5.92 Å². The molecule has 20 heavy (non-hydrogen) atoms. The first-order chi connectivity index (χ1) is 9.86. The molecule has 1 N–H and O–H groups in total. The smallest absolute Gasteiger partial charge is 0.138 e. The van der Waals surface area contributed by atoms with E-state index in [-0.39, 0.29) is 0 Å². The van der Waals surface area contributed by atoms with Gasteiger partial charge in [0, 0.05) is 30.0 Å². The van der Waals surface area contributed by atoms with Crippen LogP contribution in [0.25, 0.3) is 0 Å². The zero-order valence-corrected chi connectivity index (χ0v) is 12.3. The molecule has 0 saturated carbocycles. The highest BCUT2D eigenvalue weighted by Gasteiger charge is 2.28. The Morgan fingerprint density at radius 2 is 2.10 bits per heavy atom. The maximum atomic E-state index is 4.87. The molecule has 102 valence electrons. The Morgan fingerprint density at radius 3 is 3.00 bits per heavy atom. The van der Waals surface area contributed by atoms with Crippen LogP contribution >= 0.6 is 11.8 Å². The average Bonchev–Trinajstić information content (AvgIpc) is 3.12. The Hall–Kier alpha value is -1.55. The monoisotopic (exact) mass is 283 g/mol.